The van der Waals surface area contributed by atoms with Crippen molar-refractivity contribution in [2.75, 3.05) is 0 Å². The Labute approximate surface area is 163 Å². The van der Waals surface area contributed by atoms with E-state index in [2.05, 4.69) is 52.2 Å². The van der Waals surface area contributed by atoms with Crippen LogP contribution in [0.1, 0.15) is 81.8 Å². The van der Waals surface area contributed by atoms with Crippen molar-refractivity contribution in [3.05, 3.63) is 65.4 Å². The Bertz CT molecular complexity index is 759. The van der Waals surface area contributed by atoms with E-state index in [1.165, 1.54) is 63.5 Å². The molecule has 0 radical (unpaired) electrons. The van der Waals surface area contributed by atoms with Crippen LogP contribution in [0.25, 0.3) is 6.08 Å². The molecule has 0 spiro atoms. The molecule has 0 unspecified atom stereocenters. The van der Waals surface area contributed by atoms with Gasteiger partial charge in [-0.05, 0) is 55.3 Å². The molecule has 0 aliphatic carbocycles. The molecule has 0 fully saturated rings. The molecule has 3 heterocycles. The maximum Gasteiger partial charge on any atom is 0.0872 e. The minimum absolute atomic E-state index is 0.993. The lowest BCUT2D eigenvalue weighted by molar-refractivity contribution is 0.564. The van der Waals surface area contributed by atoms with E-state index < -0.39 is 0 Å². The lowest BCUT2D eigenvalue weighted by Crippen LogP contribution is -1.92. The number of H-pyrrole nitrogens is 2. The smallest absolute Gasteiger partial charge is 0.0872 e. The van der Waals surface area contributed by atoms with Crippen LogP contribution in [0, 0.1) is 0 Å². The number of aromatic nitrogens is 2. The van der Waals surface area contributed by atoms with Crippen molar-refractivity contribution in [1.82, 2.24) is 9.97 Å². The zero-order chi connectivity index (χ0) is 18.7. The Morgan fingerprint density at radius 2 is 1.67 bits per heavy atom. The second-order valence-electron chi connectivity index (χ2n) is 7.50. The zero-order valence-corrected chi connectivity index (χ0v) is 16.6. The Morgan fingerprint density at radius 3 is 2.41 bits per heavy atom. The van der Waals surface area contributed by atoms with E-state index in [0.29, 0.717) is 0 Å². The van der Waals surface area contributed by atoms with Crippen LogP contribution in [0.4, 0.5) is 0 Å². The third-order valence-corrected chi connectivity index (χ3v) is 5.16. The van der Waals surface area contributed by atoms with Gasteiger partial charge in [-0.1, -0.05) is 58.3 Å². The first-order valence-corrected chi connectivity index (χ1v) is 10.7. The third kappa shape index (κ3) is 6.42. The second-order valence-corrected chi connectivity index (χ2v) is 7.50. The molecule has 3 rings (SSSR count). The van der Waals surface area contributed by atoms with Gasteiger partial charge in [0.15, 0.2) is 0 Å². The van der Waals surface area contributed by atoms with Crippen LogP contribution in [0.5, 0.6) is 0 Å². The van der Waals surface area contributed by atoms with E-state index in [4.69, 9.17) is 0 Å². The Balaban J connectivity index is 1.36. The molecule has 2 N–H and O–H groups in total. The van der Waals surface area contributed by atoms with Gasteiger partial charge in [0.1, 0.15) is 0 Å². The van der Waals surface area contributed by atoms with E-state index in [-0.39, 0.29) is 0 Å². The highest BCUT2D eigenvalue weighted by atomic mass is 14.8. The molecule has 0 bridgehead atoms. The summed E-state index contributed by atoms with van der Waals surface area (Å²) in [6.45, 7) is 2.28. The van der Waals surface area contributed by atoms with Crippen LogP contribution in [0.3, 0.4) is 0 Å². The van der Waals surface area contributed by atoms with Crippen LogP contribution < -0.4 is 0 Å². The molecular formula is C24H33N3. The maximum absolute atomic E-state index is 4.67. The van der Waals surface area contributed by atoms with E-state index >= 15 is 0 Å². The summed E-state index contributed by atoms with van der Waals surface area (Å²) in [6.07, 6.45) is 21.7. The van der Waals surface area contributed by atoms with Crippen molar-refractivity contribution in [2.45, 2.75) is 71.1 Å². The quantitative estimate of drug-likeness (QED) is 0.389. The van der Waals surface area contributed by atoms with Crippen molar-refractivity contribution >= 4 is 11.8 Å². The number of nitrogens with one attached hydrogen (secondary N) is 2. The van der Waals surface area contributed by atoms with Crippen molar-refractivity contribution < 1.29 is 0 Å². The maximum atomic E-state index is 4.67. The average Bonchev–Trinajstić information content (AvgIpc) is 3.42. The van der Waals surface area contributed by atoms with E-state index in [9.17, 15) is 0 Å². The molecule has 3 nitrogen and oxygen atoms in total. The average molecular weight is 364 g/mol. The molecule has 1 aliphatic heterocycles. The molecule has 27 heavy (non-hydrogen) atoms. The normalized spacial score (nSPS) is 15.0. The molecule has 0 atom stereocenters. The summed E-state index contributed by atoms with van der Waals surface area (Å²) in [5.74, 6) is 0. The van der Waals surface area contributed by atoms with Gasteiger partial charge in [-0.2, -0.15) is 0 Å². The van der Waals surface area contributed by atoms with Gasteiger partial charge in [0.25, 0.3) is 0 Å². The summed E-state index contributed by atoms with van der Waals surface area (Å²) in [5, 5.41) is 0. The summed E-state index contributed by atoms with van der Waals surface area (Å²) in [5.41, 5.74) is 5.52. The van der Waals surface area contributed by atoms with Gasteiger partial charge in [0, 0.05) is 17.6 Å². The Kier molecular flexibility index (Phi) is 7.76. The largest absolute Gasteiger partial charge is 0.360 e. The van der Waals surface area contributed by atoms with Crippen molar-refractivity contribution in [1.29, 1.82) is 0 Å². The van der Waals surface area contributed by atoms with Crippen LogP contribution >= 0.6 is 0 Å². The molecule has 0 saturated carbocycles. The molecular weight excluding hydrogens is 330 g/mol. The number of aliphatic imine (C=N–C) groups is 1. The predicted octanol–water partition coefficient (Wildman–Crippen LogP) is 6.82. The minimum Gasteiger partial charge on any atom is -0.360 e. The number of allylic oxidation sites excluding steroid dienone is 2. The lowest BCUT2D eigenvalue weighted by Gasteiger charge is -2.01. The fourth-order valence-electron chi connectivity index (χ4n) is 3.57. The fourth-order valence-corrected chi connectivity index (χ4v) is 3.57. The molecule has 0 aromatic carbocycles. The number of hydrogen-bond acceptors (Lipinski definition) is 1. The van der Waals surface area contributed by atoms with Crippen LogP contribution in [-0.2, 0) is 6.42 Å². The minimum atomic E-state index is 0.993. The van der Waals surface area contributed by atoms with Crippen molar-refractivity contribution in [3.63, 3.8) is 0 Å². The van der Waals surface area contributed by atoms with Crippen LogP contribution in [0.15, 0.2) is 53.3 Å². The van der Waals surface area contributed by atoms with Crippen molar-refractivity contribution in [2.24, 2.45) is 4.99 Å². The molecule has 144 valence electrons. The summed E-state index contributed by atoms with van der Waals surface area (Å²) in [7, 11) is 0. The number of aryl methyl sites for hydroxylation is 1. The molecule has 2 aromatic rings. The molecule has 0 saturated heterocycles. The van der Waals surface area contributed by atoms with Gasteiger partial charge in [-0.15, -0.1) is 0 Å². The molecule has 3 heteroatoms. The standard InChI is InChI=1S/C24H33N3/c1-2-3-4-5-6-7-8-9-10-12-20-14-15-21(26-20)19-22-16-17-24(27-22)23-13-11-18-25-23/h11,13-19,25-26H,2-10,12H2,1H3/b22-19+. The van der Waals surface area contributed by atoms with Crippen LogP contribution in [-0.4, -0.2) is 15.7 Å². The summed E-state index contributed by atoms with van der Waals surface area (Å²) in [6, 6.07) is 8.42. The SMILES string of the molecule is CCCCCCCCCCCc1ccc(/C=C2\C=CC(c3ccc[nH]3)=N2)[nH]1. The number of hydrogen-bond donors (Lipinski definition) is 2. The second kappa shape index (κ2) is 10.8. The van der Waals surface area contributed by atoms with Gasteiger partial charge in [0.2, 0.25) is 0 Å². The zero-order valence-electron chi connectivity index (χ0n) is 16.6. The first-order chi connectivity index (χ1) is 13.3. The van der Waals surface area contributed by atoms with Gasteiger partial charge in [-0.3, -0.25) is 0 Å². The van der Waals surface area contributed by atoms with Gasteiger partial charge >= 0.3 is 0 Å². The van der Waals surface area contributed by atoms with Gasteiger partial charge in [-0.25, -0.2) is 4.99 Å². The first kappa shape index (κ1) is 19.5. The number of unbranched alkanes of at least 4 members (excludes halogenated alkanes) is 8. The van der Waals surface area contributed by atoms with E-state index in [0.717, 1.165) is 29.2 Å². The lowest BCUT2D eigenvalue weighted by atomic mass is 10.1. The molecule has 2 aromatic heterocycles. The van der Waals surface area contributed by atoms with Gasteiger partial charge < -0.3 is 9.97 Å². The van der Waals surface area contributed by atoms with Gasteiger partial charge in [0.05, 0.1) is 17.1 Å². The molecule has 1 aliphatic rings. The molecule has 0 amide bonds. The first-order valence-electron chi connectivity index (χ1n) is 10.7. The number of aromatic amines is 2. The Hall–Kier alpha value is -2.29. The number of nitrogens with zero attached hydrogens (tertiary/aromatic N) is 1. The number of rotatable bonds is 12. The summed E-state index contributed by atoms with van der Waals surface area (Å²) < 4.78 is 0. The van der Waals surface area contributed by atoms with Crippen LogP contribution in [0.2, 0.25) is 0 Å². The van der Waals surface area contributed by atoms with E-state index in [1.807, 2.05) is 18.3 Å². The van der Waals surface area contributed by atoms with E-state index in [1.54, 1.807) is 0 Å². The topological polar surface area (TPSA) is 43.9 Å². The monoisotopic (exact) mass is 363 g/mol. The highest BCUT2D eigenvalue weighted by Gasteiger charge is 2.07. The summed E-state index contributed by atoms with van der Waals surface area (Å²) >= 11 is 0. The highest BCUT2D eigenvalue weighted by Crippen LogP contribution is 2.18. The van der Waals surface area contributed by atoms with Crippen molar-refractivity contribution in [3.8, 4) is 0 Å². The third-order valence-electron chi connectivity index (χ3n) is 5.16. The Morgan fingerprint density at radius 1 is 0.889 bits per heavy atom. The highest BCUT2D eigenvalue weighted by molar-refractivity contribution is 6.10. The fraction of sp³-hybridized carbons (Fsp3) is 0.458. The predicted molar refractivity (Wildman–Crippen MR) is 116 cm³/mol. The summed E-state index contributed by atoms with van der Waals surface area (Å²) in [4.78, 5) is 11.4.